The number of halogens is 1. The molecule has 0 saturated heterocycles. The first-order valence-corrected chi connectivity index (χ1v) is 7.97. The van der Waals surface area contributed by atoms with Crippen LogP contribution in [0.15, 0.2) is 32.7 Å². The molecule has 0 fully saturated rings. The lowest BCUT2D eigenvalue weighted by Gasteiger charge is -2.06. The van der Waals surface area contributed by atoms with E-state index >= 15 is 0 Å². The SMILES string of the molecule is COS(=O)(=O)c1ccc(Cl)cc1-c1nnc(SC)o1. The lowest BCUT2D eigenvalue weighted by Crippen LogP contribution is -2.04. The molecule has 102 valence electrons. The molecule has 1 heterocycles. The molecule has 0 aliphatic heterocycles. The van der Waals surface area contributed by atoms with Crippen molar-refractivity contribution in [2.75, 3.05) is 13.4 Å². The van der Waals surface area contributed by atoms with Crippen molar-refractivity contribution in [3.8, 4) is 11.5 Å². The molecule has 0 amide bonds. The third-order valence-electron chi connectivity index (χ3n) is 2.24. The maximum atomic E-state index is 11.8. The average Bonchev–Trinajstić information content (AvgIpc) is 2.87. The van der Waals surface area contributed by atoms with Crippen LogP contribution in [0, 0.1) is 0 Å². The third kappa shape index (κ3) is 2.92. The number of hydrogen-bond acceptors (Lipinski definition) is 7. The summed E-state index contributed by atoms with van der Waals surface area (Å²) in [6, 6.07) is 4.22. The summed E-state index contributed by atoms with van der Waals surface area (Å²) >= 11 is 7.12. The average molecular weight is 321 g/mol. The third-order valence-corrected chi connectivity index (χ3v) is 4.32. The fourth-order valence-corrected chi connectivity index (χ4v) is 2.66. The molecule has 2 rings (SSSR count). The highest BCUT2D eigenvalue weighted by molar-refractivity contribution is 7.98. The molecule has 19 heavy (non-hydrogen) atoms. The maximum Gasteiger partial charge on any atom is 0.297 e. The Morgan fingerprint density at radius 1 is 1.37 bits per heavy atom. The molecular weight excluding hydrogens is 312 g/mol. The Bertz CT molecular complexity index is 699. The number of benzene rings is 1. The Morgan fingerprint density at radius 2 is 2.11 bits per heavy atom. The van der Waals surface area contributed by atoms with E-state index in [1.807, 2.05) is 0 Å². The first-order valence-electron chi connectivity index (χ1n) is 4.96. The van der Waals surface area contributed by atoms with Crippen LogP contribution >= 0.6 is 23.4 Å². The number of aromatic nitrogens is 2. The zero-order valence-electron chi connectivity index (χ0n) is 9.95. The highest BCUT2D eigenvalue weighted by Gasteiger charge is 2.22. The van der Waals surface area contributed by atoms with Gasteiger partial charge in [0.2, 0.25) is 5.89 Å². The molecule has 0 atom stereocenters. The van der Waals surface area contributed by atoms with Gasteiger partial charge in [-0.1, -0.05) is 23.4 Å². The van der Waals surface area contributed by atoms with Crippen LogP contribution in [0.1, 0.15) is 0 Å². The molecule has 0 saturated carbocycles. The van der Waals surface area contributed by atoms with E-state index in [2.05, 4.69) is 14.4 Å². The lowest BCUT2D eigenvalue weighted by atomic mass is 10.2. The van der Waals surface area contributed by atoms with Crippen molar-refractivity contribution in [1.29, 1.82) is 0 Å². The number of rotatable bonds is 4. The Kier molecular flexibility index (Phi) is 4.14. The predicted molar refractivity (Wildman–Crippen MR) is 70.7 cm³/mol. The highest BCUT2D eigenvalue weighted by Crippen LogP contribution is 2.31. The fourth-order valence-electron chi connectivity index (χ4n) is 1.38. The second-order valence-electron chi connectivity index (χ2n) is 3.34. The number of hydrogen-bond donors (Lipinski definition) is 0. The van der Waals surface area contributed by atoms with Crippen LogP contribution in [-0.4, -0.2) is 32.0 Å². The second-order valence-corrected chi connectivity index (χ2v) is 6.21. The quantitative estimate of drug-likeness (QED) is 0.632. The van der Waals surface area contributed by atoms with Gasteiger partial charge in [-0.3, -0.25) is 4.18 Å². The van der Waals surface area contributed by atoms with Crippen molar-refractivity contribution in [2.45, 2.75) is 10.1 Å². The molecule has 2 aromatic rings. The Morgan fingerprint density at radius 3 is 2.68 bits per heavy atom. The molecule has 1 aromatic carbocycles. The minimum Gasteiger partial charge on any atom is -0.411 e. The van der Waals surface area contributed by atoms with E-state index in [4.69, 9.17) is 16.0 Å². The zero-order chi connectivity index (χ0) is 14.0. The van der Waals surface area contributed by atoms with Crippen LogP contribution in [0.3, 0.4) is 0 Å². The first kappa shape index (κ1) is 14.3. The van der Waals surface area contributed by atoms with Gasteiger partial charge in [-0.25, -0.2) is 0 Å². The van der Waals surface area contributed by atoms with Gasteiger partial charge in [-0.2, -0.15) is 8.42 Å². The van der Waals surface area contributed by atoms with Crippen LogP contribution in [0.4, 0.5) is 0 Å². The van der Waals surface area contributed by atoms with Crippen molar-refractivity contribution >= 4 is 33.5 Å². The largest absolute Gasteiger partial charge is 0.411 e. The summed E-state index contributed by atoms with van der Waals surface area (Å²) in [7, 11) is -2.81. The van der Waals surface area contributed by atoms with Gasteiger partial charge in [0.1, 0.15) is 4.90 Å². The van der Waals surface area contributed by atoms with E-state index < -0.39 is 10.1 Å². The van der Waals surface area contributed by atoms with Gasteiger partial charge < -0.3 is 4.42 Å². The van der Waals surface area contributed by atoms with E-state index in [0.29, 0.717) is 10.2 Å². The van der Waals surface area contributed by atoms with Gasteiger partial charge in [-0.15, -0.1) is 10.2 Å². The molecule has 0 unspecified atom stereocenters. The van der Waals surface area contributed by atoms with Crippen molar-refractivity contribution in [1.82, 2.24) is 10.2 Å². The topological polar surface area (TPSA) is 82.3 Å². The summed E-state index contributed by atoms with van der Waals surface area (Å²) in [5.74, 6) is 0.0717. The lowest BCUT2D eigenvalue weighted by molar-refractivity contribution is 0.397. The summed E-state index contributed by atoms with van der Waals surface area (Å²) in [5.41, 5.74) is 0.210. The standard InChI is InChI=1S/C10H9ClN2O4S2/c1-16-19(14,15)8-4-3-6(11)5-7(8)9-12-13-10(17-9)18-2/h3-5H,1-2H3. The summed E-state index contributed by atoms with van der Waals surface area (Å²) in [4.78, 5) is -0.0734. The molecule has 0 N–H and O–H groups in total. The van der Waals surface area contributed by atoms with Crippen LogP contribution < -0.4 is 0 Å². The monoisotopic (exact) mass is 320 g/mol. The Hall–Kier alpha value is -1.09. The van der Waals surface area contributed by atoms with Crippen LogP contribution in [-0.2, 0) is 14.3 Å². The van der Waals surface area contributed by atoms with E-state index in [9.17, 15) is 8.42 Å². The summed E-state index contributed by atoms with van der Waals surface area (Å²) < 4.78 is 33.5. The number of thioether (sulfide) groups is 1. The summed E-state index contributed by atoms with van der Waals surface area (Å²) in [6.45, 7) is 0. The van der Waals surface area contributed by atoms with Crippen molar-refractivity contribution < 1.29 is 17.0 Å². The smallest absolute Gasteiger partial charge is 0.297 e. The minimum atomic E-state index is -3.88. The van der Waals surface area contributed by atoms with Gasteiger partial charge in [-0.05, 0) is 24.5 Å². The molecule has 0 aliphatic carbocycles. The van der Waals surface area contributed by atoms with Crippen molar-refractivity contribution in [3.05, 3.63) is 23.2 Å². The molecule has 0 radical (unpaired) electrons. The van der Waals surface area contributed by atoms with Gasteiger partial charge in [0.15, 0.2) is 0 Å². The van der Waals surface area contributed by atoms with Crippen LogP contribution in [0.25, 0.3) is 11.5 Å². The van der Waals surface area contributed by atoms with Gasteiger partial charge in [0, 0.05) is 5.02 Å². The van der Waals surface area contributed by atoms with E-state index in [1.54, 1.807) is 6.26 Å². The summed E-state index contributed by atoms with van der Waals surface area (Å²) in [6.07, 6.45) is 1.77. The molecule has 9 heteroatoms. The normalized spacial score (nSPS) is 11.7. The highest BCUT2D eigenvalue weighted by atomic mass is 35.5. The van der Waals surface area contributed by atoms with Gasteiger partial charge in [0.25, 0.3) is 15.3 Å². The minimum absolute atomic E-state index is 0.0717. The molecule has 1 aromatic heterocycles. The van der Waals surface area contributed by atoms with Gasteiger partial charge >= 0.3 is 0 Å². The van der Waals surface area contributed by atoms with Crippen molar-refractivity contribution in [3.63, 3.8) is 0 Å². The Labute approximate surface area is 119 Å². The van der Waals surface area contributed by atoms with Crippen molar-refractivity contribution in [2.24, 2.45) is 0 Å². The van der Waals surface area contributed by atoms with Crippen LogP contribution in [0.5, 0.6) is 0 Å². The summed E-state index contributed by atoms with van der Waals surface area (Å²) in [5, 5.41) is 8.23. The van der Waals surface area contributed by atoms with Gasteiger partial charge in [0.05, 0.1) is 12.7 Å². The Balaban J connectivity index is 2.64. The first-order chi connectivity index (χ1) is 8.97. The molecule has 0 aliphatic rings. The molecular formula is C10H9ClN2O4S2. The predicted octanol–water partition coefficient (Wildman–Crippen LogP) is 2.45. The number of nitrogens with zero attached hydrogens (tertiary/aromatic N) is 2. The molecule has 0 bridgehead atoms. The van der Waals surface area contributed by atoms with E-state index in [0.717, 1.165) is 7.11 Å². The fraction of sp³-hybridized carbons (Fsp3) is 0.200. The van der Waals surface area contributed by atoms with E-state index in [-0.39, 0.29) is 16.3 Å². The zero-order valence-corrected chi connectivity index (χ0v) is 12.3. The van der Waals surface area contributed by atoms with E-state index in [1.165, 1.54) is 30.0 Å². The molecule has 0 spiro atoms. The molecule has 6 nitrogen and oxygen atoms in total. The maximum absolute atomic E-state index is 11.8. The van der Waals surface area contributed by atoms with Crippen LogP contribution in [0.2, 0.25) is 5.02 Å². The second kappa shape index (κ2) is 5.49.